The number of fused-ring (bicyclic) bond motifs is 1. The van der Waals surface area contributed by atoms with E-state index in [1.807, 2.05) is 19.9 Å². The Labute approximate surface area is 128 Å². The van der Waals surface area contributed by atoms with Crippen LogP contribution in [-0.2, 0) is 10.2 Å². The van der Waals surface area contributed by atoms with Gasteiger partial charge in [0.05, 0.1) is 0 Å². The highest BCUT2D eigenvalue weighted by Crippen LogP contribution is 2.30. The first-order chi connectivity index (χ1) is 9.96. The molecular weight excluding hydrogens is 260 g/mol. The van der Waals surface area contributed by atoms with Crippen LogP contribution in [0, 0.1) is 0 Å². The van der Waals surface area contributed by atoms with Gasteiger partial charge in [-0.05, 0) is 54.2 Å². The third kappa shape index (κ3) is 3.76. The molecule has 1 atom stereocenters. The number of benzene rings is 2. The van der Waals surface area contributed by atoms with Crippen LogP contribution in [0.4, 0.5) is 0 Å². The summed E-state index contributed by atoms with van der Waals surface area (Å²) in [6.45, 7) is 11.4. The molecule has 2 nitrogen and oxygen atoms in total. The van der Waals surface area contributed by atoms with Crippen molar-refractivity contribution in [3.63, 3.8) is 0 Å². The molecule has 0 bridgehead atoms. The maximum absolute atomic E-state index is 5.76. The fourth-order valence-corrected chi connectivity index (χ4v) is 2.38. The van der Waals surface area contributed by atoms with E-state index in [-0.39, 0.29) is 11.7 Å². The summed E-state index contributed by atoms with van der Waals surface area (Å²) in [5, 5.41) is 2.46. The van der Waals surface area contributed by atoms with Gasteiger partial charge in [0.15, 0.2) is 6.29 Å². The van der Waals surface area contributed by atoms with Gasteiger partial charge in [-0.3, -0.25) is 0 Å². The summed E-state index contributed by atoms with van der Waals surface area (Å²) < 4.78 is 11.2. The van der Waals surface area contributed by atoms with E-state index in [1.165, 1.54) is 16.3 Å². The van der Waals surface area contributed by atoms with Gasteiger partial charge >= 0.3 is 0 Å². The molecule has 0 radical (unpaired) electrons. The molecule has 0 aromatic heterocycles. The molecule has 2 heteroatoms. The second-order valence-electron chi connectivity index (χ2n) is 6.10. The van der Waals surface area contributed by atoms with Crippen molar-refractivity contribution in [3.8, 4) is 5.75 Å². The minimum atomic E-state index is -0.217. The smallest absolute Gasteiger partial charge is 0.196 e. The first kappa shape index (κ1) is 15.8. The average Bonchev–Trinajstić information content (AvgIpc) is 2.46. The molecule has 0 spiro atoms. The van der Waals surface area contributed by atoms with Crippen LogP contribution in [-0.4, -0.2) is 12.9 Å². The van der Waals surface area contributed by atoms with Crippen LogP contribution in [0.15, 0.2) is 36.4 Å². The second-order valence-corrected chi connectivity index (χ2v) is 6.10. The maximum Gasteiger partial charge on any atom is 0.196 e. The number of rotatable bonds is 6. The molecule has 0 fully saturated rings. The molecule has 0 N–H and O–H groups in total. The first-order valence-corrected chi connectivity index (χ1v) is 7.79. The summed E-state index contributed by atoms with van der Waals surface area (Å²) in [4.78, 5) is 0. The van der Waals surface area contributed by atoms with Gasteiger partial charge in [0.1, 0.15) is 5.75 Å². The van der Waals surface area contributed by atoms with E-state index in [9.17, 15) is 0 Å². The number of ether oxygens (including phenoxy) is 2. The number of hydrogen-bond donors (Lipinski definition) is 0. The Bertz CT molecular complexity index is 602. The highest BCUT2D eigenvalue weighted by molar-refractivity contribution is 5.84. The van der Waals surface area contributed by atoms with Gasteiger partial charge < -0.3 is 9.47 Å². The lowest BCUT2D eigenvalue weighted by molar-refractivity contribution is -0.0612. The monoisotopic (exact) mass is 286 g/mol. The molecule has 0 aliphatic heterocycles. The Kier molecular flexibility index (Phi) is 4.89. The molecule has 2 aromatic rings. The SMILES string of the molecule is CCOC(C)Oc1ccc2cc(C(C)(C)CC)ccc2c1. The van der Waals surface area contributed by atoms with Crippen LogP contribution in [0.2, 0.25) is 0 Å². The van der Waals surface area contributed by atoms with E-state index in [1.54, 1.807) is 0 Å². The molecular formula is C19H26O2. The zero-order chi connectivity index (χ0) is 15.5. The fraction of sp³-hybridized carbons (Fsp3) is 0.474. The normalized spacial score (nSPS) is 13.4. The van der Waals surface area contributed by atoms with Gasteiger partial charge in [0, 0.05) is 6.61 Å². The van der Waals surface area contributed by atoms with Gasteiger partial charge in [0.25, 0.3) is 0 Å². The third-order valence-corrected chi connectivity index (χ3v) is 4.18. The van der Waals surface area contributed by atoms with Crippen molar-refractivity contribution < 1.29 is 9.47 Å². The predicted octanol–water partition coefficient (Wildman–Crippen LogP) is 5.29. The standard InChI is InChI=1S/C19H26O2/c1-6-19(4,5)17-10-8-16-13-18(11-9-15(16)12-17)21-14(3)20-7-2/h8-14H,6-7H2,1-5H3. The number of hydrogen-bond acceptors (Lipinski definition) is 2. The lowest BCUT2D eigenvalue weighted by atomic mass is 9.81. The Morgan fingerprint density at radius 3 is 2.33 bits per heavy atom. The zero-order valence-corrected chi connectivity index (χ0v) is 13.8. The van der Waals surface area contributed by atoms with E-state index < -0.39 is 0 Å². The zero-order valence-electron chi connectivity index (χ0n) is 13.8. The molecule has 0 saturated heterocycles. The van der Waals surface area contributed by atoms with Crippen molar-refractivity contribution in [2.75, 3.05) is 6.61 Å². The summed E-state index contributed by atoms with van der Waals surface area (Å²) in [7, 11) is 0. The molecule has 114 valence electrons. The molecule has 2 aromatic carbocycles. The van der Waals surface area contributed by atoms with Crippen LogP contribution < -0.4 is 4.74 Å². The third-order valence-electron chi connectivity index (χ3n) is 4.18. The van der Waals surface area contributed by atoms with Crippen LogP contribution in [0.3, 0.4) is 0 Å². The average molecular weight is 286 g/mol. The largest absolute Gasteiger partial charge is 0.465 e. The summed E-state index contributed by atoms with van der Waals surface area (Å²) in [6.07, 6.45) is 0.914. The van der Waals surface area contributed by atoms with Crippen LogP contribution in [0.1, 0.15) is 46.6 Å². The van der Waals surface area contributed by atoms with Gasteiger partial charge in [-0.15, -0.1) is 0 Å². The van der Waals surface area contributed by atoms with E-state index in [0.717, 1.165) is 12.2 Å². The summed E-state index contributed by atoms with van der Waals surface area (Å²) in [5.41, 5.74) is 1.60. The van der Waals surface area contributed by atoms with Crippen LogP contribution in [0.5, 0.6) is 5.75 Å². The van der Waals surface area contributed by atoms with Crippen LogP contribution >= 0.6 is 0 Å². The van der Waals surface area contributed by atoms with Gasteiger partial charge in [-0.2, -0.15) is 0 Å². The van der Waals surface area contributed by atoms with Crippen molar-refractivity contribution in [2.45, 2.75) is 52.7 Å². The van der Waals surface area contributed by atoms with Crippen molar-refractivity contribution in [3.05, 3.63) is 42.0 Å². The highest BCUT2D eigenvalue weighted by Gasteiger charge is 2.18. The van der Waals surface area contributed by atoms with Gasteiger partial charge in [-0.1, -0.05) is 45.0 Å². The van der Waals surface area contributed by atoms with E-state index in [4.69, 9.17) is 9.47 Å². The topological polar surface area (TPSA) is 18.5 Å². The van der Waals surface area contributed by atoms with E-state index in [2.05, 4.69) is 51.1 Å². The maximum atomic E-state index is 5.76. The molecule has 21 heavy (non-hydrogen) atoms. The first-order valence-electron chi connectivity index (χ1n) is 7.79. The molecule has 0 heterocycles. The van der Waals surface area contributed by atoms with Crippen molar-refractivity contribution >= 4 is 10.8 Å². The summed E-state index contributed by atoms with van der Waals surface area (Å²) in [6, 6.07) is 12.9. The van der Waals surface area contributed by atoms with Gasteiger partial charge in [0.2, 0.25) is 0 Å². The van der Waals surface area contributed by atoms with Crippen LogP contribution in [0.25, 0.3) is 10.8 Å². The van der Waals surface area contributed by atoms with E-state index >= 15 is 0 Å². The molecule has 0 aliphatic rings. The quantitative estimate of drug-likeness (QED) is 0.672. The predicted molar refractivity (Wildman–Crippen MR) is 89.0 cm³/mol. The lowest BCUT2D eigenvalue weighted by Crippen LogP contribution is -2.16. The Hall–Kier alpha value is -1.54. The Balaban J connectivity index is 2.27. The highest BCUT2D eigenvalue weighted by atomic mass is 16.7. The molecule has 0 aliphatic carbocycles. The summed E-state index contributed by atoms with van der Waals surface area (Å²) >= 11 is 0. The molecule has 1 unspecified atom stereocenters. The Morgan fingerprint density at radius 1 is 1.00 bits per heavy atom. The molecule has 0 saturated carbocycles. The van der Waals surface area contributed by atoms with Crippen molar-refractivity contribution in [1.29, 1.82) is 0 Å². The fourth-order valence-electron chi connectivity index (χ4n) is 2.38. The second kappa shape index (κ2) is 6.48. The van der Waals surface area contributed by atoms with Crippen molar-refractivity contribution in [2.24, 2.45) is 0 Å². The Morgan fingerprint density at radius 2 is 1.67 bits per heavy atom. The van der Waals surface area contributed by atoms with Crippen molar-refractivity contribution in [1.82, 2.24) is 0 Å². The minimum absolute atomic E-state index is 0.215. The summed E-state index contributed by atoms with van der Waals surface area (Å²) in [5.74, 6) is 0.853. The van der Waals surface area contributed by atoms with E-state index in [0.29, 0.717) is 6.61 Å². The molecule has 2 rings (SSSR count). The van der Waals surface area contributed by atoms with Gasteiger partial charge in [-0.25, -0.2) is 0 Å². The lowest BCUT2D eigenvalue weighted by Gasteiger charge is -2.23. The minimum Gasteiger partial charge on any atom is -0.465 e. The molecule has 0 amide bonds.